The Morgan fingerprint density at radius 2 is 1.93 bits per heavy atom. The van der Waals surface area contributed by atoms with Crippen LogP contribution in [0.2, 0.25) is 0 Å². The highest BCUT2D eigenvalue weighted by Crippen LogP contribution is 2.23. The fourth-order valence-corrected chi connectivity index (χ4v) is 3.91. The second-order valence-electron chi connectivity index (χ2n) is 6.61. The minimum Gasteiger partial charge on any atom is -0.481 e. The van der Waals surface area contributed by atoms with Crippen LogP contribution in [0.3, 0.4) is 0 Å². The molecule has 1 heterocycles. The van der Waals surface area contributed by atoms with Gasteiger partial charge in [-0.2, -0.15) is 11.8 Å². The molecule has 1 aromatic rings. The molecule has 6 heteroatoms. The number of allylic oxidation sites excluding steroid dienone is 2. The van der Waals surface area contributed by atoms with Gasteiger partial charge in [0.05, 0.1) is 0 Å². The molecule has 0 aliphatic carbocycles. The zero-order valence-corrected chi connectivity index (χ0v) is 16.4. The molecule has 0 spiro atoms. The van der Waals surface area contributed by atoms with Gasteiger partial charge in [0.15, 0.2) is 0 Å². The Kier molecular flexibility index (Phi) is 9.11. The summed E-state index contributed by atoms with van der Waals surface area (Å²) >= 11 is 1.67. The second kappa shape index (κ2) is 11.6. The van der Waals surface area contributed by atoms with Gasteiger partial charge >= 0.3 is 5.97 Å². The van der Waals surface area contributed by atoms with Crippen molar-refractivity contribution in [2.45, 2.75) is 44.9 Å². The summed E-state index contributed by atoms with van der Waals surface area (Å²) in [6.07, 6.45) is 5.72. The molecular formula is C21H27NO4S. The van der Waals surface area contributed by atoms with E-state index in [0.717, 1.165) is 35.6 Å². The minimum atomic E-state index is -0.771. The lowest BCUT2D eigenvalue weighted by molar-refractivity contribution is -0.137. The Balaban J connectivity index is 1.81. The number of hydrogen-bond donors (Lipinski definition) is 1. The Morgan fingerprint density at radius 3 is 2.67 bits per heavy atom. The number of ketones is 1. The van der Waals surface area contributed by atoms with E-state index in [-0.39, 0.29) is 18.1 Å². The summed E-state index contributed by atoms with van der Waals surface area (Å²) in [6, 6.07) is 9.68. The average Bonchev–Trinajstić information content (AvgIpc) is 2.65. The molecule has 0 aromatic heterocycles. The van der Waals surface area contributed by atoms with E-state index in [1.807, 2.05) is 41.3 Å². The van der Waals surface area contributed by atoms with Crippen molar-refractivity contribution < 1.29 is 19.5 Å². The van der Waals surface area contributed by atoms with Crippen LogP contribution in [-0.2, 0) is 20.8 Å². The van der Waals surface area contributed by atoms with Crippen LogP contribution in [0.15, 0.2) is 42.1 Å². The van der Waals surface area contributed by atoms with Crippen LogP contribution in [0.1, 0.15) is 44.1 Å². The predicted octanol–water partition coefficient (Wildman–Crippen LogP) is 3.68. The first-order chi connectivity index (χ1) is 13.1. The van der Waals surface area contributed by atoms with E-state index in [1.54, 1.807) is 11.8 Å². The average molecular weight is 390 g/mol. The topological polar surface area (TPSA) is 74.7 Å². The summed E-state index contributed by atoms with van der Waals surface area (Å²) in [6.45, 7) is 0.620. The molecule has 0 bridgehead atoms. The maximum absolute atomic E-state index is 12.3. The Bertz CT molecular complexity index is 672. The first-order valence-corrected chi connectivity index (χ1v) is 10.6. The van der Waals surface area contributed by atoms with Gasteiger partial charge in [-0.15, -0.1) is 0 Å². The Labute approximate surface area is 164 Å². The molecule has 0 radical (unpaired) electrons. The number of likely N-dealkylation sites (tertiary alicyclic amines) is 1. The van der Waals surface area contributed by atoms with E-state index in [9.17, 15) is 14.4 Å². The zero-order valence-electron chi connectivity index (χ0n) is 15.6. The van der Waals surface area contributed by atoms with Gasteiger partial charge in [-0.25, -0.2) is 0 Å². The summed E-state index contributed by atoms with van der Waals surface area (Å²) in [5.41, 5.74) is 1.97. The molecule has 1 aromatic carbocycles. The molecular weight excluding hydrogens is 362 g/mol. The Morgan fingerprint density at radius 1 is 1.15 bits per heavy atom. The normalized spacial score (nSPS) is 15.9. The van der Waals surface area contributed by atoms with Crippen LogP contribution >= 0.6 is 11.8 Å². The van der Waals surface area contributed by atoms with Crippen LogP contribution in [0, 0.1) is 0 Å². The van der Waals surface area contributed by atoms with Crippen LogP contribution in [0.4, 0.5) is 0 Å². The smallest absolute Gasteiger partial charge is 0.303 e. The maximum Gasteiger partial charge on any atom is 0.303 e. The van der Waals surface area contributed by atoms with Crippen molar-refractivity contribution in [1.82, 2.24) is 4.90 Å². The van der Waals surface area contributed by atoms with Crippen LogP contribution in [0.5, 0.6) is 0 Å². The number of nitrogens with zero attached hydrogens (tertiary/aromatic N) is 1. The number of Topliss-reactive ketones (excluding diaryl/α,β-unsaturated/α-hetero) is 1. The number of carboxylic acids is 1. The largest absolute Gasteiger partial charge is 0.481 e. The van der Waals surface area contributed by atoms with Crippen molar-refractivity contribution in [3.63, 3.8) is 0 Å². The van der Waals surface area contributed by atoms with Gasteiger partial charge < -0.3 is 10.0 Å². The lowest BCUT2D eigenvalue weighted by Gasteiger charge is -2.30. The van der Waals surface area contributed by atoms with E-state index >= 15 is 0 Å². The van der Waals surface area contributed by atoms with E-state index in [0.29, 0.717) is 32.2 Å². The highest BCUT2D eigenvalue weighted by molar-refractivity contribution is 7.99. The maximum atomic E-state index is 12.3. The monoisotopic (exact) mass is 389 g/mol. The van der Waals surface area contributed by atoms with Gasteiger partial charge in [0, 0.05) is 43.7 Å². The standard InChI is InChI=1S/C21H27NO4S/c23-19(16-17-6-2-1-3-7-17)12-11-18-8-4-9-20(24)22(18)13-15-27-14-5-10-21(25)26/h1-3,6-7,11H,4-5,8-10,12-16H2,(H,25,26). The van der Waals surface area contributed by atoms with Crippen molar-refractivity contribution in [3.05, 3.63) is 47.7 Å². The highest BCUT2D eigenvalue weighted by Gasteiger charge is 2.22. The molecule has 27 heavy (non-hydrogen) atoms. The van der Waals surface area contributed by atoms with Crippen molar-refractivity contribution in [2.24, 2.45) is 0 Å². The zero-order chi connectivity index (χ0) is 19.5. The Hall–Kier alpha value is -2.08. The first-order valence-electron chi connectivity index (χ1n) is 9.41. The lowest BCUT2D eigenvalue weighted by Crippen LogP contribution is -2.35. The number of carbonyl (C=O) groups is 3. The summed E-state index contributed by atoms with van der Waals surface area (Å²) in [7, 11) is 0. The van der Waals surface area contributed by atoms with Crippen molar-refractivity contribution >= 4 is 29.4 Å². The number of aliphatic carboxylic acids is 1. The summed E-state index contributed by atoms with van der Waals surface area (Å²) in [4.78, 5) is 36.8. The fourth-order valence-electron chi connectivity index (χ4n) is 3.04. The fraction of sp³-hybridized carbons (Fsp3) is 0.476. The molecule has 1 saturated heterocycles. The number of benzene rings is 1. The van der Waals surface area contributed by atoms with Gasteiger partial charge in [0.2, 0.25) is 5.91 Å². The minimum absolute atomic E-state index is 0.120. The van der Waals surface area contributed by atoms with Gasteiger partial charge in [0.1, 0.15) is 5.78 Å². The third kappa shape index (κ3) is 7.99. The van der Waals surface area contributed by atoms with Gasteiger partial charge in [-0.3, -0.25) is 14.4 Å². The summed E-state index contributed by atoms with van der Waals surface area (Å²) in [5.74, 6) is 1.06. The van der Waals surface area contributed by atoms with Crippen molar-refractivity contribution in [2.75, 3.05) is 18.1 Å². The first kappa shape index (κ1) is 21.2. The molecule has 1 N–H and O–H groups in total. The van der Waals surface area contributed by atoms with Gasteiger partial charge in [-0.1, -0.05) is 36.4 Å². The highest BCUT2D eigenvalue weighted by atomic mass is 32.2. The number of amides is 1. The SMILES string of the molecule is O=C(O)CCCSCCN1C(=O)CCCC1=CCC(=O)Cc1ccccc1. The van der Waals surface area contributed by atoms with E-state index in [2.05, 4.69) is 0 Å². The molecule has 2 rings (SSSR count). The molecule has 0 saturated carbocycles. The van der Waals surface area contributed by atoms with E-state index in [4.69, 9.17) is 5.11 Å². The number of piperidine rings is 1. The quantitative estimate of drug-likeness (QED) is 0.584. The molecule has 5 nitrogen and oxygen atoms in total. The predicted molar refractivity (Wildman–Crippen MR) is 108 cm³/mol. The van der Waals surface area contributed by atoms with E-state index < -0.39 is 5.97 Å². The summed E-state index contributed by atoms with van der Waals surface area (Å²) in [5, 5.41) is 8.64. The number of hydrogen-bond acceptors (Lipinski definition) is 4. The number of rotatable bonds is 11. The third-order valence-electron chi connectivity index (χ3n) is 4.42. The van der Waals surface area contributed by atoms with Crippen LogP contribution in [-0.4, -0.2) is 45.7 Å². The molecule has 0 unspecified atom stereocenters. The molecule has 146 valence electrons. The molecule has 1 amide bonds. The van der Waals surface area contributed by atoms with Crippen molar-refractivity contribution in [1.29, 1.82) is 0 Å². The lowest BCUT2D eigenvalue weighted by atomic mass is 10.0. The van der Waals surface area contributed by atoms with Crippen molar-refractivity contribution in [3.8, 4) is 0 Å². The molecule has 1 aliphatic heterocycles. The molecule has 1 fully saturated rings. The molecule has 0 atom stereocenters. The van der Waals surface area contributed by atoms with Gasteiger partial charge in [-0.05, 0) is 30.6 Å². The summed E-state index contributed by atoms with van der Waals surface area (Å²) < 4.78 is 0. The van der Waals surface area contributed by atoms with Crippen LogP contribution in [0.25, 0.3) is 0 Å². The second-order valence-corrected chi connectivity index (χ2v) is 7.83. The number of carboxylic acid groups (broad SMARTS) is 1. The number of carbonyl (C=O) groups excluding carboxylic acids is 2. The van der Waals surface area contributed by atoms with Crippen LogP contribution < -0.4 is 0 Å². The molecule has 1 aliphatic rings. The van der Waals surface area contributed by atoms with E-state index in [1.165, 1.54) is 0 Å². The third-order valence-corrected chi connectivity index (χ3v) is 5.47. The van der Waals surface area contributed by atoms with Gasteiger partial charge in [0.25, 0.3) is 0 Å². The number of thioether (sulfide) groups is 1.